The van der Waals surface area contributed by atoms with Gasteiger partial charge in [0.25, 0.3) is 11.6 Å². The number of hydrogen-bond acceptors (Lipinski definition) is 4. The highest BCUT2D eigenvalue weighted by Gasteiger charge is 2.19. The van der Waals surface area contributed by atoms with Gasteiger partial charge in [-0.15, -0.1) is 0 Å². The summed E-state index contributed by atoms with van der Waals surface area (Å²) in [5.74, 6) is -0.588. The molecule has 0 fully saturated rings. The minimum atomic E-state index is -0.650. The molecule has 0 aliphatic rings. The van der Waals surface area contributed by atoms with Crippen LogP contribution in [0.25, 0.3) is 0 Å². The van der Waals surface area contributed by atoms with Crippen LogP contribution in [0.5, 0.6) is 0 Å². The van der Waals surface area contributed by atoms with E-state index in [9.17, 15) is 14.9 Å². The van der Waals surface area contributed by atoms with E-state index in [1.165, 1.54) is 36.4 Å². The van der Waals surface area contributed by atoms with Gasteiger partial charge in [0.15, 0.2) is 0 Å². The van der Waals surface area contributed by atoms with E-state index in [2.05, 4.69) is 5.32 Å². The topological polar surface area (TPSA) is 98.3 Å². The van der Waals surface area contributed by atoms with E-state index in [1.807, 2.05) is 0 Å². The van der Waals surface area contributed by atoms with Crippen molar-refractivity contribution in [2.45, 2.75) is 0 Å². The number of nitro groups is 1. The summed E-state index contributed by atoms with van der Waals surface area (Å²) in [5, 5.41) is 14.0. The summed E-state index contributed by atoms with van der Waals surface area (Å²) in [6.45, 7) is 0. The normalized spacial score (nSPS) is 10.2. The summed E-state index contributed by atoms with van der Waals surface area (Å²) in [7, 11) is 0. The maximum atomic E-state index is 12.1. The lowest BCUT2D eigenvalue weighted by Crippen LogP contribution is -2.14. The van der Waals surface area contributed by atoms with E-state index in [-0.39, 0.29) is 16.9 Å². The smallest absolute Gasteiger partial charge is 0.292 e. The second-order valence-electron chi connectivity index (χ2n) is 4.11. The molecular formula is C13H9Cl2N3O3. The van der Waals surface area contributed by atoms with Crippen molar-refractivity contribution < 1.29 is 9.72 Å². The number of rotatable bonds is 3. The number of carbonyl (C=O) groups excluding carboxylic acids is 1. The first kappa shape index (κ1) is 15.1. The molecule has 0 atom stereocenters. The second kappa shape index (κ2) is 5.99. The van der Waals surface area contributed by atoms with Crippen molar-refractivity contribution in [2.75, 3.05) is 11.1 Å². The molecule has 3 N–H and O–H groups in total. The number of benzene rings is 2. The summed E-state index contributed by atoms with van der Waals surface area (Å²) < 4.78 is 0. The van der Waals surface area contributed by atoms with Crippen LogP contribution >= 0.6 is 23.2 Å². The average Bonchev–Trinajstić information content (AvgIpc) is 2.37. The van der Waals surface area contributed by atoms with Gasteiger partial charge in [-0.2, -0.15) is 0 Å². The Morgan fingerprint density at radius 2 is 1.81 bits per heavy atom. The zero-order valence-corrected chi connectivity index (χ0v) is 12.0. The predicted molar refractivity (Wildman–Crippen MR) is 81.9 cm³/mol. The summed E-state index contributed by atoms with van der Waals surface area (Å²) in [4.78, 5) is 22.3. The molecule has 0 saturated heterocycles. The third kappa shape index (κ3) is 3.42. The molecule has 6 nitrogen and oxygen atoms in total. The first-order valence-corrected chi connectivity index (χ1v) is 6.44. The largest absolute Gasteiger partial charge is 0.393 e. The van der Waals surface area contributed by atoms with Gasteiger partial charge in [0.05, 0.1) is 10.5 Å². The lowest BCUT2D eigenvalue weighted by Gasteiger charge is -2.08. The molecule has 2 aromatic rings. The van der Waals surface area contributed by atoms with E-state index in [0.29, 0.717) is 15.7 Å². The van der Waals surface area contributed by atoms with E-state index in [1.54, 1.807) is 0 Å². The Bertz CT molecular complexity index is 714. The fourth-order valence-electron chi connectivity index (χ4n) is 1.73. The van der Waals surface area contributed by atoms with Crippen molar-refractivity contribution >= 4 is 46.2 Å². The number of anilines is 2. The summed E-state index contributed by atoms with van der Waals surface area (Å²) in [5.41, 5.74) is 5.48. The molecule has 8 heteroatoms. The molecule has 0 heterocycles. The monoisotopic (exact) mass is 325 g/mol. The number of nitro benzene ring substituents is 1. The fourth-order valence-corrected chi connectivity index (χ4v) is 2.26. The highest BCUT2D eigenvalue weighted by atomic mass is 35.5. The van der Waals surface area contributed by atoms with E-state index >= 15 is 0 Å². The number of nitrogen functional groups attached to an aromatic ring is 1. The zero-order valence-electron chi connectivity index (χ0n) is 10.5. The van der Waals surface area contributed by atoms with Gasteiger partial charge in [-0.25, -0.2) is 0 Å². The van der Waals surface area contributed by atoms with Crippen LogP contribution in [0.1, 0.15) is 10.4 Å². The molecule has 0 spiro atoms. The van der Waals surface area contributed by atoms with Crippen molar-refractivity contribution in [1.82, 2.24) is 0 Å². The molecule has 21 heavy (non-hydrogen) atoms. The van der Waals surface area contributed by atoms with Gasteiger partial charge in [-0.3, -0.25) is 14.9 Å². The highest BCUT2D eigenvalue weighted by molar-refractivity contribution is 6.35. The molecule has 1 amide bonds. The van der Waals surface area contributed by atoms with Gasteiger partial charge in [0.1, 0.15) is 5.69 Å². The second-order valence-corrected chi connectivity index (χ2v) is 4.98. The third-order valence-electron chi connectivity index (χ3n) is 2.64. The van der Waals surface area contributed by atoms with Gasteiger partial charge in [0.2, 0.25) is 0 Å². The average molecular weight is 326 g/mol. The number of carbonyl (C=O) groups is 1. The fraction of sp³-hybridized carbons (Fsp3) is 0. The summed E-state index contributed by atoms with van der Waals surface area (Å²) in [6, 6.07) is 8.51. The van der Waals surface area contributed by atoms with Gasteiger partial charge >= 0.3 is 0 Å². The summed E-state index contributed by atoms with van der Waals surface area (Å²) >= 11 is 11.7. The van der Waals surface area contributed by atoms with Crippen LogP contribution in [0.2, 0.25) is 10.0 Å². The number of halogens is 2. The van der Waals surface area contributed by atoms with E-state index < -0.39 is 10.8 Å². The van der Waals surface area contributed by atoms with Crippen LogP contribution in [0.15, 0.2) is 36.4 Å². The van der Waals surface area contributed by atoms with Crippen molar-refractivity contribution in [2.24, 2.45) is 0 Å². The van der Waals surface area contributed by atoms with Crippen molar-refractivity contribution in [3.63, 3.8) is 0 Å². The van der Waals surface area contributed by atoms with E-state index in [0.717, 1.165) is 0 Å². The zero-order chi connectivity index (χ0) is 15.6. The van der Waals surface area contributed by atoms with Crippen LogP contribution in [0.3, 0.4) is 0 Å². The lowest BCUT2D eigenvalue weighted by molar-refractivity contribution is -0.383. The van der Waals surface area contributed by atoms with Crippen LogP contribution in [-0.2, 0) is 0 Å². The van der Waals surface area contributed by atoms with Crippen LogP contribution in [0, 0.1) is 10.1 Å². The molecular weight excluding hydrogens is 317 g/mol. The van der Waals surface area contributed by atoms with Gasteiger partial charge in [0, 0.05) is 21.8 Å². The Balaban J connectivity index is 2.33. The third-order valence-corrected chi connectivity index (χ3v) is 3.08. The Kier molecular flexibility index (Phi) is 4.30. The van der Waals surface area contributed by atoms with Gasteiger partial charge in [-0.1, -0.05) is 29.3 Å². The highest BCUT2D eigenvalue weighted by Crippen LogP contribution is 2.27. The Morgan fingerprint density at radius 3 is 2.38 bits per heavy atom. The lowest BCUT2D eigenvalue weighted by atomic mass is 10.1. The Morgan fingerprint density at radius 1 is 1.19 bits per heavy atom. The van der Waals surface area contributed by atoms with Crippen LogP contribution in [0.4, 0.5) is 17.1 Å². The predicted octanol–water partition coefficient (Wildman–Crippen LogP) is 3.74. The molecule has 108 valence electrons. The Labute approximate surface area is 129 Å². The quantitative estimate of drug-likeness (QED) is 0.510. The number of hydrogen-bond donors (Lipinski definition) is 2. The Hall–Kier alpha value is -2.31. The molecule has 2 aromatic carbocycles. The molecule has 0 unspecified atom stereocenters. The molecule has 0 aromatic heterocycles. The van der Waals surface area contributed by atoms with Gasteiger partial charge in [-0.05, 0) is 24.3 Å². The standard InChI is InChI=1S/C13H9Cl2N3O3/c14-7-4-8(15)6-9(5-7)17-13(19)10-2-1-3-11(12(10)16)18(20)21/h1-6H,16H2,(H,17,19). The van der Waals surface area contributed by atoms with E-state index in [4.69, 9.17) is 28.9 Å². The number of para-hydroxylation sites is 1. The minimum Gasteiger partial charge on any atom is -0.393 e. The molecule has 0 radical (unpaired) electrons. The van der Waals surface area contributed by atoms with Crippen LogP contribution in [-0.4, -0.2) is 10.8 Å². The first-order chi connectivity index (χ1) is 9.88. The maximum absolute atomic E-state index is 12.1. The molecule has 2 rings (SSSR count). The number of nitrogens with two attached hydrogens (primary N) is 1. The molecule has 0 aliphatic heterocycles. The van der Waals surface area contributed by atoms with Crippen molar-refractivity contribution in [1.29, 1.82) is 0 Å². The number of nitrogens with one attached hydrogen (secondary N) is 1. The van der Waals surface area contributed by atoms with Gasteiger partial charge < -0.3 is 11.1 Å². The molecule has 0 saturated carbocycles. The molecule has 0 aliphatic carbocycles. The summed E-state index contributed by atoms with van der Waals surface area (Å²) in [6.07, 6.45) is 0. The maximum Gasteiger partial charge on any atom is 0.292 e. The van der Waals surface area contributed by atoms with Crippen molar-refractivity contribution in [3.05, 3.63) is 62.1 Å². The van der Waals surface area contributed by atoms with Crippen molar-refractivity contribution in [3.8, 4) is 0 Å². The SMILES string of the molecule is Nc1c(C(=O)Nc2cc(Cl)cc(Cl)c2)cccc1[N+](=O)[O-]. The minimum absolute atomic E-state index is 0.000276. The first-order valence-electron chi connectivity index (χ1n) is 5.69. The molecule has 0 bridgehead atoms. The number of amides is 1. The van der Waals surface area contributed by atoms with Crippen LogP contribution < -0.4 is 11.1 Å². The number of nitrogens with zero attached hydrogens (tertiary/aromatic N) is 1.